The Morgan fingerprint density at radius 3 is 2.39 bits per heavy atom. The molecule has 2 saturated carbocycles. The summed E-state index contributed by atoms with van der Waals surface area (Å²) in [5.74, 6) is -1.12. The molecule has 2 N–H and O–H groups in total. The molecule has 2 aliphatic rings. The molecule has 0 spiro atoms. The van der Waals surface area contributed by atoms with Gasteiger partial charge in [-0.2, -0.15) is 0 Å². The van der Waals surface area contributed by atoms with Crippen molar-refractivity contribution in [3.63, 3.8) is 0 Å². The first-order valence-corrected chi connectivity index (χ1v) is 6.87. The Hall–Kier alpha value is -1.06. The Morgan fingerprint density at radius 1 is 1.22 bits per heavy atom. The van der Waals surface area contributed by atoms with Crippen molar-refractivity contribution >= 4 is 11.9 Å². The largest absolute Gasteiger partial charge is 0.481 e. The number of hydrogen-bond donors (Lipinski definition) is 2. The highest BCUT2D eigenvalue weighted by Gasteiger charge is 2.65. The first-order valence-electron chi connectivity index (χ1n) is 6.87. The van der Waals surface area contributed by atoms with E-state index in [4.69, 9.17) is 5.11 Å². The van der Waals surface area contributed by atoms with Gasteiger partial charge in [0.05, 0.1) is 11.8 Å². The van der Waals surface area contributed by atoms with E-state index in [-0.39, 0.29) is 17.9 Å². The van der Waals surface area contributed by atoms with E-state index in [1.807, 2.05) is 13.8 Å². The summed E-state index contributed by atoms with van der Waals surface area (Å²) in [6, 6.07) is 0.243. The van der Waals surface area contributed by atoms with Gasteiger partial charge in [-0.1, -0.05) is 33.6 Å². The molecule has 0 heterocycles. The second-order valence-electron chi connectivity index (χ2n) is 6.59. The second kappa shape index (κ2) is 4.56. The summed E-state index contributed by atoms with van der Waals surface area (Å²) in [4.78, 5) is 23.2. The van der Waals surface area contributed by atoms with Gasteiger partial charge in [0.2, 0.25) is 5.91 Å². The van der Waals surface area contributed by atoms with Crippen molar-refractivity contribution in [3.05, 3.63) is 0 Å². The average molecular weight is 253 g/mol. The monoisotopic (exact) mass is 253 g/mol. The van der Waals surface area contributed by atoms with Gasteiger partial charge < -0.3 is 10.4 Å². The Morgan fingerprint density at radius 2 is 1.89 bits per heavy atom. The predicted octanol–water partition coefficient (Wildman–Crippen LogP) is 2.04. The molecule has 1 amide bonds. The molecule has 0 radical (unpaired) electrons. The third-order valence-electron chi connectivity index (χ3n) is 4.66. The lowest BCUT2D eigenvalue weighted by Crippen LogP contribution is -2.39. The predicted molar refractivity (Wildman–Crippen MR) is 68.0 cm³/mol. The van der Waals surface area contributed by atoms with Crippen LogP contribution in [-0.2, 0) is 9.59 Å². The average Bonchev–Trinajstić information content (AvgIpc) is 2.81. The zero-order valence-corrected chi connectivity index (χ0v) is 11.4. The number of carbonyl (C=O) groups is 2. The van der Waals surface area contributed by atoms with Gasteiger partial charge in [0.25, 0.3) is 0 Å². The van der Waals surface area contributed by atoms with Crippen LogP contribution in [0.4, 0.5) is 0 Å². The normalized spacial score (nSPS) is 37.9. The van der Waals surface area contributed by atoms with Crippen LogP contribution in [0.15, 0.2) is 0 Å². The van der Waals surface area contributed by atoms with E-state index in [2.05, 4.69) is 12.2 Å². The van der Waals surface area contributed by atoms with E-state index in [0.717, 1.165) is 19.3 Å². The highest BCUT2D eigenvalue weighted by Crippen LogP contribution is 2.58. The number of amides is 1. The molecule has 4 nitrogen and oxygen atoms in total. The van der Waals surface area contributed by atoms with Crippen molar-refractivity contribution in [2.75, 3.05) is 0 Å². The van der Waals surface area contributed by atoms with Crippen LogP contribution < -0.4 is 5.32 Å². The van der Waals surface area contributed by atoms with E-state index in [1.165, 1.54) is 6.42 Å². The molecule has 2 fully saturated rings. The fourth-order valence-corrected chi connectivity index (χ4v) is 3.44. The van der Waals surface area contributed by atoms with E-state index >= 15 is 0 Å². The number of nitrogens with one attached hydrogen (secondary N) is 1. The van der Waals surface area contributed by atoms with Crippen LogP contribution in [0.2, 0.25) is 0 Å². The number of rotatable bonds is 3. The molecule has 0 aromatic heterocycles. The molecule has 0 aromatic carbocycles. The molecule has 2 rings (SSSR count). The lowest BCUT2D eigenvalue weighted by molar-refractivity contribution is -0.140. The van der Waals surface area contributed by atoms with Crippen LogP contribution >= 0.6 is 0 Å². The molecular formula is C14H23NO3. The maximum absolute atomic E-state index is 12.1. The molecule has 2 aliphatic carbocycles. The highest BCUT2D eigenvalue weighted by atomic mass is 16.4. The molecule has 0 aromatic rings. The van der Waals surface area contributed by atoms with E-state index in [9.17, 15) is 9.59 Å². The van der Waals surface area contributed by atoms with Crippen LogP contribution in [0, 0.1) is 23.2 Å². The molecule has 0 saturated heterocycles. The third-order valence-corrected chi connectivity index (χ3v) is 4.66. The summed E-state index contributed by atoms with van der Waals surface area (Å²) in [6.07, 6.45) is 4.44. The summed E-state index contributed by atoms with van der Waals surface area (Å²) in [7, 11) is 0. The number of carbonyl (C=O) groups excluding carboxylic acids is 1. The fraction of sp³-hybridized carbons (Fsp3) is 0.857. The minimum absolute atomic E-state index is 0.0634. The highest BCUT2D eigenvalue weighted by molar-refractivity contribution is 5.91. The quantitative estimate of drug-likeness (QED) is 0.809. The first-order chi connectivity index (χ1) is 8.34. The van der Waals surface area contributed by atoms with Gasteiger partial charge >= 0.3 is 5.97 Å². The Bertz CT molecular complexity index is 364. The lowest BCUT2D eigenvalue weighted by atomic mass is 9.87. The van der Waals surface area contributed by atoms with Crippen molar-refractivity contribution in [2.45, 2.75) is 52.5 Å². The topological polar surface area (TPSA) is 66.4 Å². The van der Waals surface area contributed by atoms with Crippen molar-refractivity contribution < 1.29 is 14.7 Å². The number of carboxylic acid groups (broad SMARTS) is 1. The lowest BCUT2D eigenvalue weighted by Gasteiger charge is -2.27. The maximum Gasteiger partial charge on any atom is 0.307 e. The zero-order chi connectivity index (χ0) is 13.5. The zero-order valence-electron chi connectivity index (χ0n) is 11.4. The minimum Gasteiger partial charge on any atom is -0.481 e. The third kappa shape index (κ3) is 2.38. The molecule has 18 heavy (non-hydrogen) atoms. The van der Waals surface area contributed by atoms with Crippen molar-refractivity contribution in [2.24, 2.45) is 23.2 Å². The summed E-state index contributed by atoms with van der Waals surface area (Å²) >= 11 is 0. The summed E-state index contributed by atoms with van der Waals surface area (Å²) < 4.78 is 0. The number of aliphatic carboxylic acids is 1. The summed E-state index contributed by atoms with van der Waals surface area (Å²) in [6.45, 7) is 5.93. The molecular weight excluding hydrogens is 230 g/mol. The SMILES string of the molecule is CC1CCCC(NC(=O)C2C(C(=O)O)C2(C)C)C1. The van der Waals surface area contributed by atoms with Gasteiger partial charge in [-0.05, 0) is 24.2 Å². The van der Waals surface area contributed by atoms with Crippen molar-refractivity contribution in [1.29, 1.82) is 0 Å². The Balaban J connectivity index is 1.91. The first kappa shape index (κ1) is 13.4. The molecule has 0 bridgehead atoms. The number of hydrogen-bond acceptors (Lipinski definition) is 2. The minimum atomic E-state index is -0.850. The Labute approximate surface area is 108 Å². The standard InChI is InChI=1S/C14H23NO3/c1-8-5-4-6-9(7-8)15-12(16)10-11(13(17)18)14(10,2)3/h8-11H,4-7H2,1-3H3,(H,15,16)(H,17,18). The molecule has 102 valence electrons. The van der Waals surface area contributed by atoms with E-state index < -0.39 is 17.3 Å². The van der Waals surface area contributed by atoms with Crippen molar-refractivity contribution in [3.8, 4) is 0 Å². The van der Waals surface area contributed by atoms with E-state index in [1.54, 1.807) is 0 Å². The van der Waals surface area contributed by atoms with Crippen LogP contribution in [0.3, 0.4) is 0 Å². The van der Waals surface area contributed by atoms with Crippen LogP contribution in [0.25, 0.3) is 0 Å². The smallest absolute Gasteiger partial charge is 0.307 e. The fourth-order valence-electron chi connectivity index (χ4n) is 3.44. The van der Waals surface area contributed by atoms with Crippen LogP contribution in [0.5, 0.6) is 0 Å². The van der Waals surface area contributed by atoms with Gasteiger partial charge in [0.1, 0.15) is 0 Å². The maximum atomic E-state index is 12.1. The van der Waals surface area contributed by atoms with E-state index in [0.29, 0.717) is 5.92 Å². The van der Waals surface area contributed by atoms with Crippen LogP contribution in [0.1, 0.15) is 46.5 Å². The molecule has 4 heteroatoms. The molecule has 4 unspecified atom stereocenters. The van der Waals surface area contributed by atoms with Gasteiger partial charge in [-0.25, -0.2) is 0 Å². The number of carboxylic acids is 1. The van der Waals surface area contributed by atoms with Gasteiger partial charge in [-0.3, -0.25) is 9.59 Å². The Kier molecular flexibility index (Phi) is 3.39. The van der Waals surface area contributed by atoms with Gasteiger partial charge in [0.15, 0.2) is 0 Å². The van der Waals surface area contributed by atoms with Crippen molar-refractivity contribution in [1.82, 2.24) is 5.32 Å². The summed E-state index contributed by atoms with van der Waals surface area (Å²) in [5.41, 5.74) is -0.393. The van der Waals surface area contributed by atoms with Crippen LogP contribution in [-0.4, -0.2) is 23.0 Å². The van der Waals surface area contributed by atoms with Gasteiger partial charge in [0, 0.05) is 6.04 Å². The summed E-state index contributed by atoms with van der Waals surface area (Å²) in [5, 5.41) is 12.1. The molecule has 0 aliphatic heterocycles. The molecule has 4 atom stereocenters. The van der Waals surface area contributed by atoms with Gasteiger partial charge in [-0.15, -0.1) is 0 Å². The second-order valence-corrected chi connectivity index (χ2v) is 6.59.